The van der Waals surface area contributed by atoms with E-state index in [9.17, 15) is 14.4 Å². The summed E-state index contributed by atoms with van der Waals surface area (Å²) in [5.74, 6) is -0.256. The summed E-state index contributed by atoms with van der Waals surface area (Å²) in [6, 6.07) is 8.83. The highest BCUT2D eigenvalue weighted by atomic mass is 16.5. The highest BCUT2D eigenvalue weighted by Gasteiger charge is 2.24. The lowest BCUT2D eigenvalue weighted by Crippen LogP contribution is -2.27. The molecule has 8 nitrogen and oxygen atoms in total. The predicted molar refractivity (Wildman–Crippen MR) is 103 cm³/mol. The van der Waals surface area contributed by atoms with Crippen molar-refractivity contribution in [1.82, 2.24) is 9.97 Å². The van der Waals surface area contributed by atoms with Gasteiger partial charge >= 0.3 is 5.97 Å². The van der Waals surface area contributed by atoms with E-state index in [0.717, 1.165) is 12.1 Å². The Hall–Kier alpha value is -3.29. The molecule has 0 unspecified atom stereocenters. The third kappa shape index (κ3) is 5.12. The molecule has 1 aliphatic heterocycles. The van der Waals surface area contributed by atoms with Crippen molar-refractivity contribution in [2.75, 3.05) is 23.4 Å². The molecule has 2 aromatic rings. The standard InChI is InChI=1S/C20H22N4O4/c1-14-21-11-10-15(22-14)8-9-20(27)28-13-18(25)23-16-5-2-3-6-17(16)24-12-4-7-19(24)26/h2-3,5-6,10-11H,4,7-9,12-13H2,1H3,(H,23,25). The number of carbonyl (C=O) groups excluding carboxylic acids is 3. The van der Waals surface area contributed by atoms with Crippen LogP contribution < -0.4 is 10.2 Å². The number of aromatic nitrogens is 2. The van der Waals surface area contributed by atoms with Gasteiger partial charge in [-0.25, -0.2) is 9.97 Å². The van der Waals surface area contributed by atoms with Crippen LogP contribution in [0.3, 0.4) is 0 Å². The summed E-state index contributed by atoms with van der Waals surface area (Å²) in [5, 5.41) is 2.71. The van der Waals surface area contributed by atoms with Crippen molar-refractivity contribution in [2.45, 2.75) is 32.6 Å². The number of amides is 2. The van der Waals surface area contributed by atoms with Crippen molar-refractivity contribution in [3.8, 4) is 0 Å². The lowest BCUT2D eigenvalue weighted by Gasteiger charge is -2.19. The van der Waals surface area contributed by atoms with Crippen LogP contribution in [0.15, 0.2) is 36.5 Å². The van der Waals surface area contributed by atoms with E-state index >= 15 is 0 Å². The second-order valence-corrected chi connectivity index (χ2v) is 6.47. The number of benzene rings is 1. The first-order valence-electron chi connectivity index (χ1n) is 9.16. The molecule has 0 aliphatic carbocycles. The van der Waals surface area contributed by atoms with Gasteiger partial charge in [-0.15, -0.1) is 0 Å². The number of para-hydroxylation sites is 2. The first-order valence-corrected chi connectivity index (χ1v) is 9.16. The first kappa shape index (κ1) is 19.5. The second-order valence-electron chi connectivity index (χ2n) is 6.47. The molecule has 1 aromatic heterocycles. The van der Waals surface area contributed by atoms with E-state index in [1.54, 1.807) is 42.3 Å². The summed E-state index contributed by atoms with van der Waals surface area (Å²) in [4.78, 5) is 45.9. The van der Waals surface area contributed by atoms with Gasteiger partial charge in [-0.05, 0) is 31.5 Å². The van der Waals surface area contributed by atoms with Gasteiger partial charge < -0.3 is 15.0 Å². The summed E-state index contributed by atoms with van der Waals surface area (Å²) in [5.41, 5.74) is 1.93. The smallest absolute Gasteiger partial charge is 0.306 e. The molecule has 2 amide bonds. The Morgan fingerprint density at radius 3 is 2.82 bits per heavy atom. The first-order chi connectivity index (χ1) is 13.5. The Balaban J connectivity index is 1.49. The summed E-state index contributed by atoms with van der Waals surface area (Å²) >= 11 is 0. The Morgan fingerprint density at radius 2 is 2.07 bits per heavy atom. The summed E-state index contributed by atoms with van der Waals surface area (Å²) in [6.07, 6.45) is 3.49. The van der Waals surface area contributed by atoms with Crippen molar-refractivity contribution in [3.05, 3.63) is 48.0 Å². The quantitative estimate of drug-likeness (QED) is 0.735. The van der Waals surface area contributed by atoms with E-state index in [1.165, 1.54) is 0 Å². The molecule has 2 heterocycles. The van der Waals surface area contributed by atoms with Crippen LogP contribution in [0.2, 0.25) is 0 Å². The summed E-state index contributed by atoms with van der Waals surface area (Å²) in [6.45, 7) is 2.02. The van der Waals surface area contributed by atoms with Gasteiger partial charge in [0.1, 0.15) is 5.82 Å². The van der Waals surface area contributed by atoms with Crippen molar-refractivity contribution in [2.24, 2.45) is 0 Å². The fourth-order valence-electron chi connectivity index (χ4n) is 3.00. The highest BCUT2D eigenvalue weighted by Crippen LogP contribution is 2.29. The van der Waals surface area contributed by atoms with Crippen LogP contribution in [-0.4, -0.2) is 40.9 Å². The third-order valence-corrected chi connectivity index (χ3v) is 4.33. The zero-order valence-electron chi connectivity index (χ0n) is 15.7. The average molecular weight is 382 g/mol. The molecule has 1 aliphatic rings. The Kier molecular flexibility index (Phi) is 6.31. The number of hydrogen-bond acceptors (Lipinski definition) is 6. The van der Waals surface area contributed by atoms with Gasteiger partial charge in [0.15, 0.2) is 6.61 Å². The van der Waals surface area contributed by atoms with Gasteiger partial charge in [0.2, 0.25) is 5.91 Å². The summed E-state index contributed by atoms with van der Waals surface area (Å²) < 4.78 is 5.04. The van der Waals surface area contributed by atoms with Crippen LogP contribution in [0.25, 0.3) is 0 Å². The molecule has 146 valence electrons. The van der Waals surface area contributed by atoms with Crippen molar-refractivity contribution in [1.29, 1.82) is 0 Å². The van der Waals surface area contributed by atoms with Gasteiger partial charge in [0, 0.05) is 31.3 Å². The maximum absolute atomic E-state index is 12.2. The molecule has 0 saturated carbocycles. The SMILES string of the molecule is Cc1nccc(CCC(=O)OCC(=O)Nc2ccccc2N2CCCC2=O)n1. The fourth-order valence-corrected chi connectivity index (χ4v) is 3.00. The Bertz CT molecular complexity index is 884. The topological polar surface area (TPSA) is 101 Å². The van der Waals surface area contributed by atoms with Gasteiger partial charge in [0.25, 0.3) is 5.91 Å². The molecule has 0 spiro atoms. The third-order valence-electron chi connectivity index (χ3n) is 4.33. The van der Waals surface area contributed by atoms with Crippen LogP contribution in [0.1, 0.15) is 30.8 Å². The molecule has 0 atom stereocenters. The van der Waals surface area contributed by atoms with E-state index in [-0.39, 0.29) is 18.9 Å². The number of aryl methyl sites for hydroxylation is 2. The van der Waals surface area contributed by atoms with E-state index in [2.05, 4.69) is 15.3 Å². The molecular formula is C20H22N4O4. The number of ether oxygens (including phenoxy) is 1. The fraction of sp³-hybridized carbons (Fsp3) is 0.350. The molecular weight excluding hydrogens is 360 g/mol. The largest absolute Gasteiger partial charge is 0.456 e. The molecule has 28 heavy (non-hydrogen) atoms. The van der Waals surface area contributed by atoms with Gasteiger partial charge in [-0.3, -0.25) is 14.4 Å². The van der Waals surface area contributed by atoms with E-state index < -0.39 is 11.9 Å². The van der Waals surface area contributed by atoms with E-state index in [4.69, 9.17) is 4.74 Å². The van der Waals surface area contributed by atoms with Crippen molar-refractivity contribution in [3.63, 3.8) is 0 Å². The normalized spacial score (nSPS) is 13.5. The number of anilines is 2. The second kappa shape index (κ2) is 9.07. The highest BCUT2D eigenvalue weighted by molar-refractivity contribution is 6.02. The lowest BCUT2D eigenvalue weighted by molar-refractivity contribution is -0.147. The zero-order chi connectivity index (χ0) is 19.9. The van der Waals surface area contributed by atoms with E-state index in [1.807, 2.05) is 6.07 Å². The van der Waals surface area contributed by atoms with Gasteiger partial charge in [-0.2, -0.15) is 0 Å². The number of carbonyl (C=O) groups is 3. The average Bonchev–Trinajstić information content (AvgIpc) is 3.11. The van der Waals surface area contributed by atoms with Crippen LogP contribution in [0, 0.1) is 6.92 Å². The maximum Gasteiger partial charge on any atom is 0.306 e. The molecule has 8 heteroatoms. The van der Waals surface area contributed by atoms with Crippen LogP contribution >= 0.6 is 0 Å². The molecule has 0 bridgehead atoms. The molecule has 1 aromatic carbocycles. The molecule has 0 radical (unpaired) electrons. The minimum atomic E-state index is -0.477. The molecule has 1 saturated heterocycles. The van der Waals surface area contributed by atoms with Crippen LogP contribution in [-0.2, 0) is 25.5 Å². The number of nitrogens with one attached hydrogen (secondary N) is 1. The number of hydrogen-bond donors (Lipinski definition) is 1. The Morgan fingerprint density at radius 1 is 1.25 bits per heavy atom. The van der Waals surface area contributed by atoms with Crippen LogP contribution in [0.5, 0.6) is 0 Å². The molecule has 1 fully saturated rings. The minimum Gasteiger partial charge on any atom is -0.456 e. The summed E-state index contributed by atoms with van der Waals surface area (Å²) in [7, 11) is 0. The zero-order valence-corrected chi connectivity index (χ0v) is 15.7. The molecule has 3 rings (SSSR count). The van der Waals surface area contributed by atoms with E-state index in [0.29, 0.717) is 36.6 Å². The van der Waals surface area contributed by atoms with Gasteiger partial charge in [0.05, 0.1) is 17.8 Å². The predicted octanol–water partition coefficient (Wildman–Crippen LogP) is 2.03. The monoisotopic (exact) mass is 382 g/mol. The number of nitrogens with zero attached hydrogens (tertiary/aromatic N) is 3. The Labute approximate surface area is 162 Å². The van der Waals surface area contributed by atoms with Gasteiger partial charge in [-0.1, -0.05) is 12.1 Å². The van der Waals surface area contributed by atoms with Crippen molar-refractivity contribution < 1.29 is 19.1 Å². The maximum atomic E-state index is 12.2. The number of rotatable bonds is 7. The lowest BCUT2D eigenvalue weighted by atomic mass is 10.2. The molecule has 1 N–H and O–H groups in total. The van der Waals surface area contributed by atoms with Crippen LogP contribution in [0.4, 0.5) is 11.4 Å². The van der Waals surface area contributed by atoms with Crippen molar-refractivity contribution >= 4 is 29.2 Å². The number of esters is 1. The minimum absolute atomic E-state index is 0.0353.